The van der Waals surface area contributed by atoms with E-state index in [2.05, 4.69) is 97.1 Å². The number of rotatable bonds is 16. The van der Waals surface area contributed by atoms with E-state index in [0.29, 0.717) is 17.3 Å². The van der Waals surface area contributed by atoms with E-state index in [0.717, 1.165) is 52.4 Å². The third-order valence-electron chi connectivity index (χ3n) is 10.8. The van der Waals surface area contributed by atoms with Gasteiger partial charge in [0, 0.05) is 52.4 Å². The van der Waals surface area contributed by atoms with Crippen molar-refractivity contribution in [3.63, 3.8) is 0 Å². The van der Waals surface area contributed by atoms with Crippen molar-refractivity contribution in [1.29, 1.82) is 0 Å². The molecular formula is C60H56N4S8Zn2. The predicted octanol–water partition coefficient (Wildman–Crippen LogP) is 14.1. The van der Waals surface area contributed by atoms with Crippen molar-refractivity contribution in [3.05, 3.63) is 287 Å². The molecule has 0 radical (unpaired) electrons. The van der Waals surface area contributed by atoms with Crippen molar-refractivity contribution in [3.8, 4) is 0 Å². The van der Waals surface area contributed by atoms with Crippen LogP contribution in [-0.2, 0) is 142 Å². The summed E-state index contributed by atoms with van der Waals surface area (Å²) in [7, 11) is 0. The zero-order chi connectivity index (χ0) is 51.2. The first-order valence-electron chi connectivity index (χ1n) is 23.2. The van der Waals surface area contributed by atoms with Gasteiger partial charge >= 0.3 is 39.0 Å². The van der Waals surface area contributed by atoms with E-state index in [1.165, 1.54) is 44.5 Å². The molecule has 0 fully saturated rings. The second-order valence-electron chi connectivity index (χ2n) is 16.4. The third-order valence-corrected chi connectivity index (χ3v) is 12.8. The van der Waals surface area contributed by atoms with Crippen molar-refractivity contribution in [1.82, 2.24) is 19.6 Å². The largest absolute Gasteiger partial charge is 2.00 e. The molecule has 0 saturated carbocycles. The molecular weight excluding hydrogens is 1160 g/mol. The van der Waals surface area contributed by atoms with Crippen LogP contribution in [0.1, 0.15) is 44.5 Å². The third kappa shape index (κ3) is 25.8. The maximum Gasteiger partial charge on any atom is 2.00 e. The molecule has 0 spiro atoms. The SMILES string of the molecule is S=C([S-])N(Cc1ccccc1)Cc1ccccc1.S=C([S-])N(Cc1ccccc1)Cc1ccccc1.S=C([S-])N(Cc1ccccc1)Cc1ccccc1.S=C([S-])N(Cc1ccccc1)Cc1ccccc1.[Zn+2].[Zn+2]. The number of hydrogen-bond donors (Lipinski definition) is 0. The average molecular weight is 1220 g/mol. The summed E-state index contributed by atoms with van der Waals surface area (Å²) in [5.74, 6) is 0. The van der Waals surface area contributed by atoms with E-state index in [1.54, 1.807) is 0 Å². The van der Waals surface area contributed by atoms with Crippen molar-refractivity contribution in [2.24, 2.45) is 0 Å². The Labute approximate surface area is 509 Å². The molecule has 0 unspecified atom stereocenters. The minimum Gasteiger partial charge on any atom is -0.411 e. The Hall–Kier alpha value is -4.55. The number of hydrogen-bond acceptors (Lipinski definition) is 8. The van der Waals surface area contributed by atoms with E-state index >= 15 is 0 Å². The van der Waals surface area contributed by atoms with Crippen molar-refractivity contribution >= 4 is 117 Å². The van der Waals surface area contributed by atoms with Crippen LogP contribution in [-0.4, -0.2) is 36.9 Å². The molecule has 0 heterocycles. The molecule has 8 rings (SSSR count). The maximum atomic E-state index is 5.16. The Morgan fingerprint density at radius 3 is 0.392 bits per heavy atom. The van der Waals surface area contributed by atoms with Gasteiger partial charge in [0.1, 0.15) is 0 Å². The van der Waals surface area contributed by atoms with Gasteiger partial charge in [-0.2, -0.15) is 0 Å². The van der Waals surface area contributed by atoms with Crippen LogP contribution in [0.25, 0.3) is 0 Å². The summed E-state index contributed by atoms with van der Waals surface area (Å²) in [6, 6.07) is 82.0. The molecule has 0 bridgehead atoms. The zero-order valence-electron chi connectivity index (χ0n) is 41.2. The maximum absolute atomic E-state index is 5.16. The molecule has 0 aliphatic carbocycles. The number of benzene rings is 8. The Morgan fingerprint density at radius 2 is 0.311 bits per heavy atom. The molecule has 0 atom stereocenters. The molecule has 0 aromatic heterocycles. The van der Waals surface area contributed by atoms with E-state index in [1.807, 2.05) is 165 Å². The second-order valence-corrected chi connectivity index (χ2v) is 20.5. The van der Waals surface area contributed by atoms with Gasteiger partial charge < -0.3 is 119 Å². The zero-order valence-corrected chi connectivity index (χ0v) is 53.7. The van der Waals surface area contributed by atoms with Gasteiger partial charge in [-0.3, -0.25) is 0 Å². The van der Waals surface area contributed by atoms with Gasteiger partial charge in [-0.25, -0.2) is 0 Å². The monoisotopic (exact) mass is 1220 g/mol. The first-order chi connectivity index (χ1) is 35.0. The minimum absolute atomic E-state index is 0. The first-order valence-corrected chi connectivity index (χ1v) is 26.4. The number of nitrogens with zero attached hydrogens (tertiary/aromatic N) is 4. The van der Waals surface area contributed by atoms with Gasteiger partial charge in [0.15, 0.2) is 0 Å². The van der Waals surface area contributed by atoms with Gasteiger partial charge in [-0.15, -0.1) is 0 Å². The molecule has 0 saturated heterocycles. The van der Waals surface area contributed by atoms with Gasteiger partial charge in [0.2, 0.25) is 0 Å². The van der Waals surface area contributed by atoms with Crippen LogP contribution in [0, 0.1) is 0 Å². The van der Waals surface area contributed by atoms with Crippen LogP contribution < -0.4 is 0 Å². The molecule has 14 heteroatoms. The van der Waals surface area contributed by atoms with Crippen molar-refractivity contribution in [2.45, 2.75) is 52.4 Å². The fraction of sp³-hybridized carbons (Fsp3) is 0.133. The normalized spacial score (nSPS) is 9.73. The molecule has 4 nitrogen and oxygen atoms in total. The summed E-state index contributed by atoms with van der Waals surface area (Å²) < 4.78 is 2.07. The van der Waals surface area contributed by atoms with Crippen LogP contribution in [0.5, 0.6) is 0 Å². The molecule has 0 aliphatic heterocycles. The molecule has 8 aromatic carbocycles. The second kappa shape index (κ2) is 37.2. The topological polar surface area (TPSA) is 13.0 Å². The average Bonchev–Trinajstić information content (AvgIpc) is 3.41. The van der Waals surface area contributed by atoms with Crippen LogP contribution >= 0.6 is 48.9 Å². The van der Waals surface area contributed by atoms with Crippen LogP contribution in [0.2, 0.25) is 0 Å². The van der Waals surface area contributed by atoms with E-state index in [-0.39, 0.29) is 39.0 Å². The Balaban J connectivity index is 0.000000258. The first kappa shape index (κ1) is 63.7. The van der Waals surface area contributed by atoms with Crippen molar-refractivity contribution in [2.75, 3.05) is 0 Å². The summed E-state index contributed by atoms with van der Waals surface area (Å²) in [5.41, 5.74) is 9.78. The van der Waals surface area contributed by atoms with E-state index in [4.69, 9.17) is 99.4 Å². The van der Waals surface area contributed by atoms with Gasteiger partial charge in [-0.05, 0) is 44.5 Å². The van der Waals surface area contributed by atoms with E-state index < -0.39 is 0 Å². The summed E-state index contributed by atoms with van der Waals surface area (Å²) in [6.07, 6.45) is 0. The van der Waals surface area contributed by atoms with Gasteiger partial charge in [0.25, 0.3) is 0 Å². The summed E-state index contributed by atoms with van der Waals surface area (Å²) in [6.45, 7) is 6.10. The Kier molecular flexibility index (Phi) is 32.1. The standard InChI is InChI=1S/4C15H15NS2.2Zn/c4*17-15(18)16(11-13-7-3-1-4-8-13)12-14-9-5-2-6-10-14;;/h4*1-10H,11-12H2,(H,17,18);;/q;;;;2*+2/p-4. The molecule has 0 N–H and O–H groups in total. The van der Waals surface area contributed by atoms with Crippen LogP contribution in [0.4, 0.5) is 0 Å². The summed E-state index contributed by atoms with van der Waals surface area (Å²) >= 11 is 41.2. The van der Waals surface area contributed by atoms with E-state index in [9.17, 15) is 0 Å². The fourth-order valence-corrected chi connectivity index (χ4v) is 8.20. The fourth-order valence-electron chi connectivity index (χ4n) is 7.17. The molecule has 74 heavy (non-hydrogen) atoms. The Bertz CT molecular complexity index is 2220. The molecule has 368 valence electrons. The molecule has 8 aromatic rings. The van der Waals surface area contributed by atoms with Crippen LogP contribution in [0.3, 0.4) is 0 Å². The quantitative estimate of drug-likeness (QED) is 0.0520. The van der Waals surface area contributed by atoms with Gasteiger partial charge in [-0.1, -0.05) is 260 Å². The number of thiocarbonyl (C=S) groups is 4. The molecule has 0 amide bonds. The van der Waals surface area contributed by atoms with Gasteiger partial charge in [0.05, 0.1) is 0 Å². The predicted molar refractivity (Wildman–Crippen MR) is 328 cm³/mol. The Morgan fingerprint density at radius 1 is 0.216 bits per heavy atom. The van der Waals surface area contributed by atoms with Crippen molar-refractivity contribution < 1.29 is 39.0 Å². The molecule has 0 aliphatic rings. The summed E-state index contributed by atoms with van der Waals surface area (Å²) in [5, 5.41) is 0. The summed E-state index contributed by atoms with van der Waals surface area (Å²) in [4.78, 5) is 8.15. The van der Waals surface area contributed by atoms with Crippen LogP contribution in [0.15, 0.2) is 243 Å². The minimum atomic E-state index is 0. The smallest absolute Gasteiger partial charge is 0.411 e.